The smallest absolute Gasteiger partial charge is 0.341 e. The number of urea groups is 2. The fourth-order valence-corrected chi connectivity index (χ4v) is 6.15. The number of nitrogens with zero attached hydrogens (tertiary/aromatic N) is 7. The van der Waals surface area contributed by atoms with Crippen LogP contribution in [0.2, 0.25) is 0 Å². The number of benzene rings is 2. The topological polar surface area (TPSA) is 118 Å². The van der Waals surface area contributed by atoms with E-state index >= 15 is 0 Å². The number of likely N-dealkylation sites (tertiary alicyclic amines) is 1. The number of piperidine rings is 1. The van der Waals surface area contributed by atoms with E-state index in [9.17, 15) is 32.8 Å². The quantitative estimate of drug-likeness (QED) is 0.416. The fourth-order valence-electron chi connectivity index (χ4n) is 6.15. The van der Waals surface area contributed by atoms with Crippen molar-refractivity contribution in [3.05, 3.63) is 77.6 Å². The third-order valence-corrected chi connectivity index (χ3v) is 8.73. The molecule has 5 amide bonds. The number of anilines is 1. The summed E-state index contributed by atoms with van der Waals surface area (Å²) in [5, 5.41) is 16.3. The van der Waals surface area contributed by atoms with Crippen LogP contribution in [0, 0.1) is 11.3 Å². The number of alkyl halides is 3. The maximum Gasteiger partial charge on any atom is 0.416 e. The van der Waals surface area contributed by atoms with Gasteiger partial charge >= 0.3 is 18.2 Å². The number of carbonyl (C=O) groups excluding carboxylic acids is 3. The van der Waals surface area contributed by atoms with Crippen LogP contribution < -0.4 is 10.2 Å². The van der Waals surface area contributed by atoms with E-state index in [1.54, 1.807) is 49.2 Å². The van der Waals surface area contributed by atoms with Crippen LogP contribution in [0.3, 0.4) is 0 Å². The van der Waals surface area contributed by atoms with Crippen molar-refractivity contribution in [1.82, 2.24) is 29.8 Å². The van der Waals surface area contributed by atoms with Crippen LogP contribution in [-0.2, 0) is 11.0 Å². The van der Waals surface area contributed by atoms with Crippen molar-refractivity contribution in [3.63, 3.8) is 0 Å². The molecular weight excluding hydrogens is 601 g/mol. The molecule has 0 aliphatic carbocycles. The summed E-state index contributed by atoms with van der Waals surface area (Å²) < 4.78 is 42.4. The molecule has 2 unspecified atom stereocenters. The summed E-state index contributed by atoms with van der Waals surface area (Å²) in [6.45, 7) is 4.84. The molecule has 1 N–H and O–H groups in total. The zero-order valence-corrected chi connectivity index (χ0v) is 25.9. The van der Waals surface area contributed by atoms with Crippen molar-refractivity contribution in [3.8, 4) is 11.8 Å². The van der Waals surface area contributed by atoms with Gasteiger partial charge in [-0.25, -0.2) is 19.2 Å². The third kappa shape index (κ3) is 6.28. The van der Waals surface area contributed by atoms with Gasteiger partial charge in [0.05, 0.1) is 34.6 Å². The lowest BCUT2D eigenvalue weighted by Crippen LogP contribution is -2.54. The van der Waals surface area contributed by atoms with E-state index in [2.05, 4.69) is 15.3 Å². The van der Waals surface area contributed by atoms with Gasteiger partial charge in [-0.2, -0.15) is 23.5 Å². The molecule has 0 bridgehead atoms. The van der Waals surface area contributed by atoms with Crippen LogP contribution in [0.4, 0.5) is 28.4 Å². The molecule has 2 aromatic carbocycles. The molecule has 2 aliphatic rings. The molecule has 2 aliphatic heterocycles. The Balaban J connectivity index is 1.49. The summed E-state index contributed by atoms with van der Waals surface area (Å²) in [7, 11) is 3.71. The summed E-state index contributed by atoms with van der Waals surface area (Å²) in [5.74, 6) is -0.323. The van der Waals surface area contributed by atoms with Gasteiger partial charge in [0.25, 0.3) is 0 Å². The van der Waals surface area contributed by atoms with E-state index < -0.39 is 41.9 Å². The lowest BCUT2D eigenvalue weighted by atomic mass is 10.0. The highest BCUT2D eigenvalue weighted by atomic mass is 19.4. The second-order valence-corrected chi connectivity index (χ2v) is 11.7. The van der Waals surface area contributed by atoms with Crippen molar-refractivity contribution >= 4 is 23.7 Å². The van der Waals surface area contributed by atoms with Gasteiger partial charge in [0.1, 0.15) is 12.1 Å². The van der Waals surface area contributed by atoms with Crippen molar-refractivity contribution in [2.24, 2.45) is 0 Å². The molecule has 0 radical (unpaired) electrons. The second kappa shape index (κ2) is 12.8. The fraction of sp³-hybridized carbons (Fsp3) is 0.406. The molecule has 1 aromatic heterocycles. The highest BCUT2D eigenvalue weighted by Crippen LogP contribution is 2.40. The number of hydrogen-bond donors (Lipinski definition) is 1. The number of nitrogens with one attached hydrogen (secondary N) is 1. The van der Waals surface area contributed by atoms with Crippen molar-refractivity contribution < 1.29 is 27.6 Å². The molecule has 11 nitrogen and oxygen atoms in total. The molecule has 3 heterocycles. The Bertz CT molecular complexity index is 1640. The Kier molecular flexibility index (Phi) is 9.07. The molecule has 2 saturated heterocycles. The molecule has 5 rings (SSSR count). The first kappa shape index (κ1) is 32.5. The lowest BCUT2D eigenvalue weighted by Gasteiger charge is -2.36. The first-order valence-corrected chi connectivity index (χ1v) is 14.9. The van der Waals surface area contributed by atoms with Crippen LogP contribution in [0.5, 0.6) is 0 Å². The third-order valence-electron chi connectivity index (χ3n) is 8.73. The van der Waals surface area contributed by atoms with Gasteiger partial charge in [-0.05, 0) is 95.4 Å². The molecule has 0 saturated carbocycles. The average Bonchev–Trinajstić information content (AvgIpc) is 3.61. The van der Waals surface area contributed by atoms with E-state index in [0.29, 0.717) is 16.9 Å². The summed E-state index contributed by atoms with van der Waals surface area (Å²) in [4.78, 5) is 47.3. The first-order valence-electron chi connectivity index (χ1n) is 14.9. The molecule has 2 fully saturated rings. The molecule has 3 aromatic rings. The van der Waals surface area contributed by atoms with Crippen molar-refractivity contribution in [2.45, 2.75) is 57.0 Å². The average molecular weight is 637 g/mol. The van der Waals surface area contributed by atoms with Crippen LogP contribution in [0.25, 0.3) is 5.69 Å². The number of hydrogen-bond acceptors (Lipinski definition) is 6. The van der Waals surface area contributed by atoms with Crippen LogP contribution in [0.1, 0.15) is 49.6 Å². The highest BCUT2D eigenvalue weighted by Gasteiger charge is 2.50. The standard InChI is InChI=1S/C32H35F3N8O3/c1-20(29(44)40(4)24-13-16-39(3)17-14-24)38-30(45)42-28(27-12-15-37-43(27)25-10-8-22(19-36)9-11-25)21(2)41(31(42)46)26-7-5-6-23(18-26)32(33,34)35/h5-12,15,18,20-21,24,28H,13-14,16-17H2,1-4H3,(H,38,45)/t20-,21?,28?/m0/s1. The molecule has 46 heavy (non-hydrogen) atoms. The summed E-state index contributed by atoms with van der Waals surface area (Å²) in [6.07, 6.45) is -1.59. The van der Waals surface area contributed by atoms with Gasteiger partial charge < -0.3 is 15.1 Å². The zero-order valence-electron chi connectivity index (χ0n) is 25.9. The molecule has 3 atom stereocenters. The Hall–Kier alpha value is -4.90. The minimum Gasteiger partial charge on any atom is -0.341 e. The van der Waals surface area contributed by atoms with E-state index in [-0.39, 0.29) is 17.6 Å². The second-order valence-electron chi connectivity index (χ2n) is 11.7. The van der Waals surface area contributed by atoms with Gasteiger partial charge in [0.15, 0.2) is 0 Å². The molecule has 242 valence electrons. The van der Waals surface area contributed by atoms with E-state index in [4.69, 9.17) is 0 Å². The summed E-state index contributed by atoms with van der Waals surface area (Å²) in [6, 6.07) is 9.94. The maximum absolute atomic E-state index is 14.1. The number of carbonyl (C=O) groups is 3. The Labute approximate surface area is 264 Å². The minimum absolute atomic E-state index is 0.00224. The number of halogens is 3. The van der Waals surface area contributed by atoms with Crippen LogP contribution in [0.15, 0.2) is 60.8 Å². The summed E-state index contributed by atoms with van der Waals surface area (Å²) >= 11 is 0. The number of amides is 5. The van der Waals surface area contributed by atoms with E-state index in [1.807, 2.05) is 13.1 Å². The predicted molar refractivity (Wildman–Crippen MR) is 163 cm³/mol. The number of aromatic nitrogens is 2. The Morgan fingerprint density at radius 3 is 2.39 bits per heavy atom. The highest BCUT2D eigenvalue weighted by molar-refractivity contribution is 6.06. The van der Waals surface area contributed by atoms with Crippen LogP contribution in [-0.4, -0.2) is 87.8 Å². The minimum atomic E-state index is -4.65. The summed E-state index contributed by atoms with van der Waals surface area (Å²) in [5.41, 5.74) is 0.381. The normalized spacial score (nSPS) is 20.0. The van der Waals surface area contributed by atoms with E-state index in [0.717, 1.165) is 47.9 Å². The number of rotatable bonds is 6. The van der Waals surface area contributed by atoms with Crippen molar-refractivity contribution in [2.75, 3.05) is 32.1 Å². The maximum atomic E-state index is 14.1. The molecular formula is C32H35F3N8O3. The monoisotopic (exact) mass is 636 g/mol. The largest absolute Gasteiger partial charge is 0.416 e. The van der Waals surface area contributed by atoms with Crippen molar-refractivity contribution in [1.29, 1.82) is 5.26 Å². The SMILES string of the molecule is CC1C(c2ccnn2-c2ccc(C#N)cc2)N(C(=O)N[C@@H](C)C(=O)N(C)C2CCN(C)CC2)C(=O)N1c1cccc(C(F)(F)F)c1. The van der Waals surface area contributed by atoms with E-state index in [1.165, 1.54) is 29.9 Å². The van der Waals surface area contributed by atoms with Gasteiger partial charge in [-0.15, -0.1) is 0 Å². The first-order chi connectivity index (χ1) is 21.8. The Morgan fingerprint density at radius 2 is 1.76 bits per heavy atom. The molecule has 14 heteroatoms. The number of imide groups is 1. The van der Waals surface area contributed by atoms with Gasteiger partial charge in [0, 0.05) is 25.0 Å². The van der Waals surface area contributed by atoms with Gasteiger partial charge in [0.2, 0.25) is 5.91 Å². The van der Waals surface area contributed by atoms with Crippen LogP contribution >= 0.6 is 0 Å². The lowest BCUT2D eigenvalue weighted by molar-refractivity contribution is -0.137. The number of likely N-dealkylation sites (N-methyl/N-ethyl adjacent to an activating group) is 1. The molecule has 0 spiro atoms. The number of nitriles is 1. The predicted octanol–water partition coefficient (Wildman–Crippen LogP) is 4.79. The Morgan fingerprint density at radius 1 is 1.09 bits per heavy atom. The zero-order chi connectivity index (χ0) is 33.3. The van der Waals surface area contributed by atoms with Gasteiger partial charge in [-0.3, -0.25) is 9.69 Å². The van der Waals surface area contributed by atoms with Gasteiger partial charge in [-0.1, -0.05) is 6.07 Å².